The SMILES string of the molecule is CSCCCCOc1ccc(OC(F)(F)F)cc1. The highest BCUT2D eigenvalue weighted by Gasteiger charge is 2.30. The topological polar surface area (TPSA) is 18.5 Å². The van der Waals surface area contributed by atoms with Gasteiger partial charge >= 0.3 is 6.36 Å². The van der Waals surface area contributed by atoms with Crippen molar-refractivity contribution in [3.8, 4) is 11.5 Å². The number of thioether (sulfide) groups is 1. The Morgan fingerprint density at radius 3 is 2.22 bits per heavy atom. The zero-order chi connectivity index (χ0) is 13.4. The van der Waals surface area contributed by atoms with Gasteiger partial charge in [0.25, 0.3) is 0 Å². The molecule has 0 amide bonds. The first-order valence-electron chi connectivity index (χ1n) is 5.49. The first kappa shape index (κ1) is 15.0. The van der Waals surface area contributed by atoms with Crippen LogP contribution in [-0.2, 0) is 0 Å². The van der Waals surface area contributed by atoms with E-state index >= 15 is 0 Å². The fourth-order valence-corrected chi connectivity index (χ4v) is 1.77. The summed E-state index contributed by atoms with van der Waals surface area (Å²) >= 11 is 1.78. The first-order chi connectivity index (χ1) is 8.51. The zero-order valence-electron chi connectivity index (χ0n) is 10.00. The average molecular weight is 280 g/mol. The van der Waals surface area contributed by atoms with Crippen molar-refractivity contribution in [3.05, 3.63) is 24.3 Å². The Morgan fingerprint density at radius 2 is 1.67 bits per heavy atom. The first-order valence-corrected chi connectivity index (χ1v) is 6.88. The monoisotopic (exact) mass is 280 g/mol. The summed E-state index contributed by atoms with van der Waals surface area (Å²) in [5.41, 5.74) is 0. The van der Waals surface area contributed by atoms with Crippen LogP contribution in [0.15, 0.2) is 24.3 Å². The van der Waals surface area contributed by atoms with E-state index in [4.69, 9.17) is 4.74 Å². The Hall–Kier alpha value is -1.04. The van der Waals surface area contributed by atoms with E-state index in [1.807, 2.05) is 6.26 Å². The predicted octanol–water partition coefficient (Wildman–Crippen LogP) is 4.11. The van der Waals surface area contributed by atoms with Crippen LogP contribution < -0.4 is 9.47 Å². The molecule has 6 heteroatoms. The van der Waals surface area contributed by atoms with Crippen molar-refractivity contribution in [2.45, 2.75) is 19.2 Å². The molecule has 102 valence electrons. The normalized spacial score (nSPS) is 11.3. The van der Waals surface area contributed by atoms with E-state index in [1.54, 1.807) is 11.8 Å². The van der Waals surface area contributed by atoms with E-state index in [1.165, 1.54) is 24.3 Å². The van der Waals surface area contributed by atoms with Gasteiger partial charge in [-0.05, 0) is 49.1 Å². The van der Waals surface area contributed by atoms with Gasteiger partial charge in [-0.1, -0.05) is 0 Å². The molecular weight excluding hydrogens is 265 g/mol. The molecule has 0 spiro atoms. The molecule has 0 saturated carbocycles. The largest absolute Gasteiger partial charge is 0.573 e. The fraction of sp³-hybridized carbons (Fsp3) is 0.500. The van der Waals surface area contributed by atoms with Crippen molar-refractivity contribution < 1.29 is 22.6 Å². The number of hydrogen-bond donors (Lipinski definition) is 0. The molecule has 0 aromatic heterocycles. The van der Waals surface area contributed by atoms with E-state index in [-0.39, 0.29) is 5.75 Å². The van der Waals surface area contributed by atoms with Crippen LogP contribution in [-0.4, -0.2) is 25.0 Å². The molecule has 0 N–H and O–H groups in total. The van der Waals surface area contributed by atoms with Gasteiger partial charge < -0.3 is 9.47 Å². The van der Waals surface area contributed by atoms with Crippen LogP contribution in [0, 0.1) is 0 Å². The van der Waals surface area contributed by atoms with Gasteiger partial charge in [0.15, 0.2) is 0 Å². The van der Waals surface area contributed by atoms with E-state index in [2.05, 4.69) is 4.74 Å². The lowest BCUT2D eigenvalue weighted by Gasteiger charge is -2.10. The predicted molar refractivity (Wildman–Crippen MR) is 66.2 cm³/mol. The molecule has 18 heavy (non-hydrogen) atoms. The van der Waals surface area contributed by atoms with E-state index in [0.717, 1.165) is 18.6 Å². The number of alkyl halides is 3. The van der Waals surface area contributed by atoms with Gasteiger partial charge in [-0.15, -0.1) is 13.2 Å². The molecule has 1 rings (SSSR count). The lowest BCUT2D eigenvalue weighted by atomic mass is 10.3. The molecule has 0 aliphatic carbocycles. The summed E-state index contributed by atoms with van der Waals surface area (Å²) in [6.07, 6.45) is -0.613. The van der Waals surface area contributed by atoms with Crippen molar-refractivity contribution in [2.75, 3.05) is 18.6 Å². The van der Waals surface area contributed by atoms with Crippen molar-refractivity contribution in [2.24, 2.45) is 0 Å². The number of halogens is 3. The molecule has 0 unspecified atom stereocenters. The van der Waals surface area contributed by atoms with Crippen LogP contribution in [0.3, 0.4) is 0 Å². The van der Waals surface area contributed by atoms with Crippen molar-refractivity contribution in [3.63, 3.8) is 0 Å². The van der Waals surface area contributed by atoms with Crippen LogP contribution in [0.1, 0.15) is 12.8 Å². The summed E-state index contributed by atoms with van der Waals surface area (Å²) in [6.45, 7) is 0.569. The standard InChI is InChI=1S/C12H15F3O2S/c1-18-9-3-2-8-16-10-4-6-11(7-5-10)17-12(13,14)15/h4-7H,2-3,8-9H2,1H3. The molecular formula is C12H15F3O2S. The second-order valence-electron chi connectivity index (χ2n) is 3.57. The summed E-state index contributed by atoms with van der Waals surface area (Å²) in [5.74, 6) is 1.40. The number of hydrogen-bond acceptors (Lipinski definition) is 3. The van der Waals surface area contributed by atoms with Crippen LogP contribution in [0.4, 0.5) is 13.2 Å². The van der Waals surface area contributed by atoms with E-state index in [9.17, 15) is 13.2 Å². The molecule has 0 bridgehead atoms. The molecule has 1 aromatic rings. The highest BCUT2D eigenvalue weighted by molar-refractivity contribution is 7.98. The summed E-state index contributed by atoms with van der Waals surface area (Å²) in [6, 6.07) is 5.42. The van der Waals surface area contributed by atoms with E-state index < -0.39 is 6.36 Å². The lowest BCUT2D eigenvalue weighted by Crippen LogP contribution is -2.16. The van der Waals surface area contributed by atoms with Crippen LogP contribution in [0.5, 0.6) is 11.5 Å². The second-order valence-corrected chi connectivity index (χ2v) is 4.55. The molecule has 0 aliphatic rings. The second kappa shape index (κ2) is 7.41. The van der Waals surface area contributed by atoms with Gasteiger partial charge in [0, 0.05) is 0 Å². The van der Waals surface area contributed by atoms with Gasteiger partial charge in [-0.25, -0.2) is 0 Å². The minimum Gasteiger partial charge on any atom is -0.494 e. The number of benzene rings is 1. The van der Waals surface area contributed by atoms with Crippen molar-refractivity contribution in [1.82, 2.24) is 0 Å². The number of unbranched alkanes of at least 4 members (excludes halogenated alkanes) is 1. The zero-order valence-corrected chi connectivity index (χ0v) is 10.8. The minimum absolute atomic E-state index is 0.239. The van der Waals surface area contributed by atoms with Crippen LogP contribution >= 0.6 is 11.8 Å². The van der Waals surface area contributed by atoms with Crippen LogP contribution in [0.25, 0.3) is 0 Å². The average Bonchev–Trinajstić information content (AvgIpc) is 2.29. The maximum absolute atomic E-state index is 11.9. The Balaban J connectivity index is 2.32. The molecule has 0 fully saturated rings. The number of ether oxygens (including phenoxy) is 2. The molecule has 0 atom stereocenters. The highest BCUT2D eigenvalue weighted by Crippen LogP contribution is 2.24. The quantitative estimate of drug-likeness (QED) is 0.700. The third kappa shape index (κ3) is 6.64. The third-order valence-corrected chi connectivity index (χ3v) is 2.77. The lowest BCUT2D eigenvalue weighted by molar-refractivity contribution is -0.274. The van der Waals surface area contributed by atoms with Crippen LogP contribution in [0.2, 0.25) is 0 Å². The summed E-state index contributed by atoms with van der Waals surface area (Å²) in [7, 11) is 0. The van der Waals surface area contributed by atoms with Gasteiger partial charge in [-0.2, -0.15) is 11.8 Å². The fourth-order valence-electron chi connectivity index (χ4n) is 1.28. The Bertz CT molecular complexity index is 338. The molecule has 0 saturated heterocycles. The summed E-state index contributed by atoms with van der Waals surface area (Å²) in [4.78, 5) is 0. The smallest absolute Gasteiger partial charge is 0.494 e. The molecule has 2 nitrogen and oxygen atoms in total. The Kier molecular flexibility index (Phi) is 6.18. The maximum atomic E-state index is 11.9. The summed E-state index contributed by atoms with van der Waals surface area (Å²) in [5, 5.41) is 0. The van der Waals surface area contributed by atoms with Crippen molar-refractivity contribution in [1.29, 1.82) is 0 Å². The van der Waals surface area contributed by atoms with Crippen molar-refractivity contribution >= 4 is 11.8 Å². The van der Waals surface area contributed by atoms with Gasteiger partial charge in [-0.3, -0.25) is 0 Å². The number of rotatable bonds is 7. The van der Waals surface area contributed by atoms with Gasteiger partial charge in [0.2, 0.25) is 0 Å². The maximum Gasteiger partial charge on any atom is 0.573 e. The molecule has 0 aliphatic heterocycles. The van der Waals surface area contributed by atoms with E-state index in [0.29, 0.717) is 12.4 Å². The van der Waals surface area contributed by atoms with Gasteiger partial charge in [0.1, 0.15) is 11.5 Å². The molecule has 0 radical (unpaired) electrons. The molecule has 0 heterocycles. The summed E-state index contributed by atoms with van der Waals surface area (Å²) < 4.78 is 44.9. The third-order valence-electron chi connectivity index (χ3n) is 2.07. The Labute approximate surface area is 108 Å². The highest BCUT2D eigenvalue weighted by atomic mass is 32.2. The minimum atomic E-state index is -4.65. The van der Waals surface area contributed by atoms with Gasteiger partial charge in [0.05, 0.1) is 6.61 Å². The Morgan fingerprint density at radius 1 is 1.06 bits per heavy atom. The molecule has 1 aromatic carbocycles.